The molecule has 2 aromatic rings. The van der Waals surface area contributed by atoms with E-state index in [0.717, 1.165) is 42.1 Å². The molecule has 0 aromatic heterocycles. The van der Waals surface area contributed by atoms with Gasteiger partial charge in [-0.25, -0.2) is 4.39 Å². The smallest absolute Gasteiger partial charge is 0.171 e. The zero-order valence-corrected chi connectivity index (χ0v) is 27.7. The second-order valence-electron chi connectivity index (χ2n) is 14.7. The molecular formula is C40H59FO2. The number of hydrogen-bond donors (Lipinski definition) is 0. The summed E-state index contributed by atoms with van der Waals surface area (Å²) in [6.45, 7) is 9.33. The molecule has 238 valence electrons. The van der Waals surface area contributed by atoms with Crippen molar-refractivity contribution in [3.63, 3.8) is 0 Å². The number of rotatable bonds is 10. The molecule has 2 nitrogen and oxygen atoms in total. The predicted octanol–water partition coefficient (Wildman–Crippen LogP) is 11.6. The molecule has 4 unspecified atom stereocenters. The Bertz CT molecular complexity index is 1110. The van der Waals surface area contributed by atoms with Crippen LogP contribution < -0.4 is 9.47 Å². The van der Waals surface area contributed by atoms with E-state index in [4.69, 9.17) is 9.47 Å². The zero-order valence-electron chi connectivity index (χ0n) is 27.7. The standard InChI is InChI=1S/C24H35FO2.C16H24/c1-3-26-23-11-10-22(16(2)24(23)25)27-15-19-7-9-20-13-18(12-17-4-5-17)6-8-21(20)14-19;1-3-4-14-7-11-16(12-8-14)15-9-5-13(2)6-10-15/h10-11,17-21H,3-9,12-15H2,1-2H3;5-6,9-10,14,16H,3-4,7-8,11-12H2,1-2H3. The van der Waals surface area contributed by atoms with Crippen molar-refractivity contribution < 1.29 is 13.9 Å². The Morgan fingerprint density at radius 1 is 0.651 bits per heavy atom. The number of hydrogen-bond acceptors (Lipinski definition) is 2. The summed E-state index contributed by atoms with van der Waals surface area (Å²) in [6, 6.07) is 12.7. The van der Waals surface area contributed by atoms with E-state index in [9.17, 15) is 4.39 Å². The lowest BCUT2D eigenvalue weighted by molar-refractivity contribution is 0.0734. The van der Waals surface area contributed by atoms with Crippen LogP contribution in [0.1, 0.15) is 133 Å². The van der Waals surface area contributed by atoms with Gasteiger partial charge in [0.15, 0.2) is 11.6 Å². The van der Waals surface area contributed by atoms with Crippen LogP contribution in [-0.4, -0.2) is 13.2 Å². The summed E-state index contributed by atoms with van der Waals surface area (Å²) in [7, 11) is 0. The second-order valence-corrected chi connectivity index (χ2v) is 14.7. The second kappa shape index (κ2) is 15.8. The lowest BCUT2D eigenvalue weighted by Crippen LogP contribution is -2.33. The van der Waals surface area contributed by atoms with Crippen molar-refractivity contribution in [1.29, 1.82) is 0 Å². The van der Waals surface area contributed by atoms with Crippen LogP contribution >= 0.6 is 0 Å². The Kier molecular flexibility index (Phi) is 11.9. The van der Waals surface area contributed by atoms with Crippen LogP contribution in [0.3, 0.4) is 0 Å². The molecule has 0 saturated heterocycles. The lowest BCUT2D eigenvalue weighted by Gasteiger charge is -2.42. The van der Waals surface area contributed by atoms with E-state index < -0.39 is 0 Å². The van der Waals surface area contributed by atoms with Crippen LogP contribution in [0.4, 0.5) is 4.39 Å². The first-order valence-corrected chi connectivity index (χ1v) is 18.0. The minimum absolute atomic E-state index is 0.285. The highest BCUT2D eigenvalue weighted by Crippen LogP contribution is 2.48. The molecule has 4 atom stereocenters. The Balaban J connectivity index is 0.000000196. The van der Waals surface area contributed by atoms with Gasteiger partial charge in [-0.15, -0.1) is 0 Å². The summed E-state index contributed by atoms with van der Waals surface area (Å²) in [5.41, 5.74) is 3.51. The van der Waals surface area contributed by atoms with Gasteiger partial charge in [0, 0.05) is 5.56 Å². The highest BCUT2D eigenvalue weighted by Gasteiger charge is 2.37. The Morgan fingerprint density at radius 3 is 1.91 bits per heavy atom. The molecule has 3 heteroatoms. The van der Waals surface area contributed by atoms with Crippen molar-refractivity contribution in [3.8, 4) is 11.5 Å². The third kappa shape index (κ3) is 9.24. The van der Waals surface area contributed by atoms with Crippen molar-refractivity contribution in [3.05, 3.63) is 58.9 Å². The minimum Gasteiger partial charge on any atom is -0.493 e. The van der Waals surface area contributed by atoms with E-state index in [1.807, 2.05) is 13.0 Å². The van der Waals surface area contributed by atoms with E-state index in [-0.39, 0.29) is 5.82 Å². The molecule has 4 aliphatic rings. The van der Waals surface area contributed by atoms with Crippen LogP contribution in [0.15, 0.2) is 36.4 Å². The normalized spacial score (nSPS) is 28.8. The lowest BCUT2D eigenvalue weighted by atomic mass is 9.64. The maximum absolute atomic E-state index is 14.4. The molecule has 0 bridgehead atoms. The van der Waals surface area contributed by atoms with Gasteiger partial charge in [-0.3, -0.25) is 0 Å². The summed E-state index contributed by atoms with van der Waals surface area (Å²) in [4.78, 5) is 0. The molecule has 0 heterocycles. The average Bonchev–Trinajstić information content (AvgIpc) is 3.84. The first kappa shape index (κ1) is 32.4. The largest absolute Gasteiger partial charge is 0.493 e. The van der Waals surface area contributed by atoms with Crippen LogP contribution in [0, 0.1) is 55.2 Å². The molecule has 0 amide bonds. The third-order valence-electron chi connectivity index (χ3n) is 11.4. The Hall–Kier alpha value is -2.03. The molecule has 43 heavy (non-hydrogen) atoms. The molecule has 2 aromatic carbocycles. The molecule has 4 aliphatic carbocycles. The number of fused-ring (bicyclic) bond motifs is 1. The molecule has 4 fully saturated rings. The fraction of sp³-hybridized carbons (Fsp3) is 0.700. The van der Waals surface area contributed by atoms with Crippen molar-refractivity contribution >= 4 is 0 Å². The van der Waals surface area contributed by atoms with Crippen LogP contribution in [0.2, 0.25) is 0 Å². The summed E-state index contributed by atoms with van der Waals surface area (Å²) in [6.07, 6.45) is 21.3. The summed E-state index contributed by atoms with van der Waals surface area (Å²) in [5, 5.41) is 0. The van der Waals surface area contributed by atoms with E-state index in [1.165, 1.54) is 102 Å². The first-order chi connectivity index (χ1) is 20.9. The third-order valence-corrected chi connectivity index (χ3v) is 11.4. The molecule has 6 rings (SSSR count). The van der Waals surface area contributed by atoms with Gasteiger partial charge in [-0.2, -0.15) is 0 Å². The fourth-order valence-corrected chi connectivity index (χ4v) is 8.58. The molecule has 0 spiro atoms. The van der Waals surface area contributed by atoms with Crippen LogP contribution in [-0.2, 0) is 0 Å². The average molecular weight is 591 g/mol. The minimum atomic E-state index is -0.285. The summed E-state index contributed by atoms with van der Waals surface area (Å²) < 4.78 is 25.8. The quantitative estimate of drug-likeness (QED) is 0.274. The SMILES string of the molecule is CCCC1CCC(c2ccc(C)cc2)CC1.CCOc1ccc(OCC2CCC3CC(CC4CC4)CCC3C2)c(C)c1F. The molecule has 4 saturated carbocycles. The van der Waals surface area contributed by atoms with Crippen LogP contribution in [0.5, 0.6) is 11.5 Å². The van der Waals surface area contributed by atoms with Crippen molar-refractivity contribution in [2.75, 3.05) is 13.2 Å². The van der Waals surface area contributed by atoms with Crippen LogP contribution in [0.25, 0.3) is 0 Å². The van der Waals surface area contributed by atoms with Crippen molar-refractivity contribution in [2.45, 2.75) is 130 Å². The van der Waals surface area contributed by atoms with Gasteiger partial charge in [0.05, 0.1) is 13.2 Å². The number of aryl methyl sites for hydroxylation is 1. The fourth-order valence-electron chi connectivity index (χ4n) is 8.58. The number of benzene rings is 2. The van der Waals surface area contributed by atoms with Gasteiger partial charge in [0.25, 0.3) is 0 Å². The first-order valence-electron chi connectivity index (χ1n) is 18.0. The zero-order chi connectivity index (χ0) is 30.2. The maximum Gasteiger partial charge on any atom is 0.171 e. The predicted molar refractivity (Wildman–Crippen MR) is 178 cm³/mol. The van der Waals surface area contributed by atoms with E-state index in [0.29, 0.717) is 29.6 Å². The van der Waals surface area contributed by atoms with Gasteiger partial charge in [-0.1, -0.05) is 68.9 Å². The molecule has 0 radical (unpaired) electrons. The van der Waals surface area contributed by atoms with Gasteiger partial charge >= 0.3 is 0 Å². The number of halogens is 1. The van der Waals surface area contributed by atoms with Crippen molar-refractivity contribution in [2.24, 2.45) is 35.5 Å². The van der Waals surface area contributed by atoms with E-state index in [2.05, 4.69) is 38.1 Å². The van der Waals surface area contributed by atoms with E-state index >= 15 is 0 Å². The topological polar surface area (TPSA) is 18.5 Å². The van der Waals surface area contributed by atoms with E-state index in [1.54, 1.807) is 18.6 Å². The van der Waals surface area contributed by atoms with Gasteiger partial charge in [-0.05, 0) is 144 Å². The Morgan fingerprint density at radius 2 is 1.26 bits per heavy atom. The molecular weight excluding hydrogens is 531 g/mol. The highest BCUT2D eigenvalue weighted by molar-refractivity contribution is 5.41. The van der Waals surface area contributed by atoms with Gasteiger partial charge in [0.1, 0.15) is 5.75 Å². The highest BCUT2D eigenvalue weighted by atomic mass is 19.1. The molecule has 0 aliphatic heterocycles. The summed E-state index contributed by atoms with van der Waals surface area (Å²) >= 11 is 0. The maximum atomic E-state index is 14.4. The number of ether oxygens (including phenoxy) is 2. The monoisotopic (exact) mass is 590 g/mol. The van der Waals surface area contributed by atoms with Gasteiger partial charge in [0.2, 0.25) is 0 Å². The Labute approximate surface area is 262 Å². The summed E-state index contributed by atoms with van der Waals surface area (Å²) in [5.74, 6) is 7.16. The van der Waals surface area contributed by atoms with Crippen molar-refractivity contribution in [1.82, 2.24) is 0 Å². The van der Waals surface area contributed by atoms with Gasteiger partial charge < -0.3 is 9.47 Å². The molecule has 0 N–H and O–H groups in total.